The predicted molar refractivity (Wildman–Crippen MR) is 63.1 cm³/mol. The van der Waals surface area contributed by atoms with Gasteiger partial charge in [-0.15, -0.1) is 0 Å². The highest BCUT2D eigenvalue weighted by atomic mass is 32.3. The molecule has 1 rings (SSSR count). The van der Waals surface area contributed by atoms with Crippen LogP contribution in [0.5, 0.6) is 11.5 Å². The molecule has 14 heteroatoms. The van der Waals surface area contributed by atoms with Crippen molar-refractivity contribution < 1.29 is 49.8 Å². The van der Waals surface area contributed by atoms with Crippen LogP contribution in [0.4, 0.5) is 0 Å². The minimum Gasteiger partial charge on any atom is -0.505 e. The Labute approximate surface area is 113 Å². The van der Waals surface area contributed by atoms with Crippen molar-refractivity contribution in [3.05, 3.63) is 6.07 Å². The van der Waals surface area contributed by atoms with E-state index < -0.39 is 57.3 Å². The van der Waals surface area contributed by atoms with Crippen LogP contribution in [-0.2, 0) is 20.2 Å². The SMILES string of the molecule is O=S(=O)(O)c1cc(S(O)(O)O)c(O)c(S(=O)(=O)O)c1O. The monoisotopic (exact) mass is 352 g/mol. The van der Waals surface area contributed by atoms with Gasteiger partial charge in [0.25, 0.3) is 10.1 Å². The minimum atomic E-state index is -5.43. The lowest BCUT2D eigenvalue weighted by atomic mass is 10.3. The highest BCUT2D eigenvalue weighted by Crippen LogP contribution is 2.53. The summed E-state index contributed by atoms with van der Waals surface area (Å²) in [4.78, 5) is -4.83. The lowest BCUT2D eigenvalue weighted by Gasteiger charge is -2.22. The van der Waals surface area contributed by atoms with E-state index in [2.05, 4.69) is 0 Å². The van der Waals surface area contributed by atoms with E-state index in [0.717, 1.165) is 0 Å². The zero-order valence-corrected chi connectivity index (χ0v) is 11.5. The number of rotatable bonds is 3. The van der Waals surface area contributed by atoms with E-state index in [4.69, 9.17) is 22.8 Å². The van der Waals surface area contributed by atoms with Gasteiger partial charge in [0, 0.05) is 0 Å². The van der Waals surface area contributed by atoms with E-state index in [1.54, 1.807) is 0 Å². The van der Waals surface area contributed by atoms with Crippen LogP contribution in [0.15, 0.2) is 20.8 Å². The molecule has 0 saturated carbocycles. The summed E-state index contributed by atoms with van der Waals surface area (Å²) in [5.74, 6) is -3.46. The smallest absolute Gasteiger partial charge is 0.302 e. The summed E-state index contributed by atoms with van der Waals surface area (Å²) in [7, 11) is -15.5. The Kier molecular flexibility index (Phi) is 3.98. The van der Waals surface area contributed by atoms with E-state index in [1.807, 2.05) is 0 Å². The molecular weight excluding hydrogens is 344 g/mol. The molecular formula is C6H8O11S3. The van der Waals surface area contributed by atoms with Crippen molar-refractivity contribution in [2.75, 3.05) is 0 Å². The quantitative estimate of drug-likeness (QED) is 0.364. The molecule has 0 aliphatic rings. The normalized spacial score (nSPS) is 14.2. The molecule has 0 amide bonds. The number of hydrogen-bond acceptors (Lipinski definition) is 9. The van der Waals surface area contributed by atoms with Gasteiger partial charge < -0.3 is 23.9 Å². The lowest BCUT2D eigenvalue weighted by Crippen LogP contribution is -2.08. The molecule has 20 heavy (non-hydrogen) atoms. The van der Waals surface area contributed by atoms with Crippen LogP contribution < -0.4 is 0 Å². The van der Waals surface area contributed by atoms with E-state index in [1.165, 1.54) is 0 Å². The van der Waals surface area contributed by atoms with Crippen molar-refractivity contribution in [2.24, 2.45) is 0 Å². The molecule has 0 aliphatic heterocycles. The Morgan fingerprint density at radius 3 is 1.40 bits per heavy atom. The van der Waals surface area contributed by atoms with Crippen molar-refractivity contribution in [3.63, 3.8) is 0 Å². The molecule has 0 spiro atoms. The second-order valence-electron chi connectivity index (χ2n) is 3.37. The summed E-state index contributed by atoms with van der Waals surface area (Å²) < 4.78 is 88.1. The Bertz CT molecular complexity index is 754. The second kappa shape index (κ2) is 4.71. The average molecular weight is 352 g/mol. The summed E-state index contributed by atoms with van der Waals surface area (Å²) in [6, 6.07) is 0.0318. The fourth-order valence-corrected chi connectivity index (χ4v) is 3.40. The molecule has 0 bridgehead atoms. The topological polar surface area (TPSA) is 210 Å². The Morgan fingerprint density at radius 1 is 0.700 bits per heavy atom. The summed E-state index contributed by atoms with van der Waals surface area (Å²) in [5, 5.41) is 18.8. The summed E-state index contributed by atoms with van der Waals surface area (Å²) in [6.45, 7) is 0. The first-order valence-corrected chi connectivity index (χ1v) is 8.60. The summed E-state index contributed by atoms with van der Waals surface area (Å²) in [5.41, 5.74) is 0. The molecule has 0 heterocycles. The van der Waals surface area contributed by atoms with Crippen molar-refractivity contribution in [1.29, 1.82) is 0 Å². The van der Waals surface area contributed by atoms with Crippen LogP contribution in [-0.4, -0.2) is 49.8 Å². The van der Waals surface area contributed by atoms with Crippen molar-refractivity contribution in [3.8, 4) is 11.5 Å². The second-order valence-corrected chi connectivity index (χ2v) is 7.59. The van der Waals surface area contributed by atoms with Crippen molar-refractivity contribution in [1.82, 2.24) is 0 Å². The van der Waals surface area contributed by atoms with Gasteiger partial charge in [0.15, 0.2) is 16.4 Å². The molecule has 116 valence electrons. The highest BCUT2D eigenvalue weighted by Gasteiger charge is 2.35. The van der Waals surface area contributed by atoms with Crippen LogP contribution in [0, 0.1) is 0 Å². The molecule has 0 saturated heterocycles. The largest absolute Gasteiger partial charge is 0.505 e. The average Bonchev–Trinajstić information content (AvgIpc) is 2.10. The zero-order valence-electron chi connectivity index (χ0n) is 9.07. The molecule has 0 aromatic heterocycles. The zero-order chi connectivity index (χ0) is 16.1. The Balaban J connectivity index is 4.07. The van der Waals surface area contributed by atoms with Gasteiger partial charge in [-0.25, -0.2) is 0 Å². The van der Waals surface area contributed by atoms with Gasteiger partial charge in [-0.1, -0.05) is 0 Å². The van der Waals surface area contributed by atoms with Crippen LogP contribution in [0.25, 0.3) is 0 Å². The molecule has 1 aromatic rings. The van der Waals surface area contributed by atoms with Gasteiger partial charge >= 0.3 is 10.1 Å². The first-order chi connectivity index (χ1) is 8.67. The van der Waals surface area contributed by atoms with E-state index in [9.17, 15) is 27.0 Å². The maximum Gasteiger partial charge on any atom is 0.302 e. The van der Waals surface area contributed by atoms with Crippen LogP contribution in [0.2, 0.25) is 0 Å². The van der Waals surface area contributed by atoms with Gasteiger partial charge in [0.2, 0.25) is 0 Å². The lowest BCUT2D eigenvalue weighted by molar-refractivity contribution is 0.357. The van der Waals surface area contributed by atoms with E-state index in [-0.39, 0.29) is 6.07 Å². The van der Waals surface area contributed by atoms with Gasteiger partial charge in [-0.3, -0.25) is 9.11 Å². The van der Waals surface area contributed by atoms with Gasteiger partial charge in [0.1, 0.15) is 20.7 Å². The molecule has 0 fully saturated rings. The Morgan fingerprint density at radius 2 is 1.10 bits per heavy atom. The van der Waals surface area contributed by atoms with Gasteiger partial charge in [-0.05, 0) is 6.07 Å². The van der Waals surface area contributed by atoms with E-state index in [0.29, 0.717) is 0 Å². The fraction of sp³-hybridized carbons (Fsp3) is 0. The molecule has 0 atom stereocenters. The third kappa shape index (κ3) is 3.13. The number of aromatic hydroxyl groups is 2. The summed E-state index contributed by atoms with van der Waals surface area (Å²) >= 11 is 0. The third-order valence-electron chi connectivity index (χ3n) is 1.99. The molecule has 1 aromatic carbocycles. The molecule has 11 nitrogen and oxygen atoms in total. The fourth-order valence-electron chi connectivity index (χ4n) is 1.24. The van der Waals surface area contributed by atoms with Gasteiger partial charge in [-0.2, -0.15) is 16.8 Å². The number of phenols is 2. The van der Waals surface area contributed by atoms with Crippen molar-refractivity contribution in [2.45, 2.75) is 14.7 Å². The first-order valence-electron chi connectivity index (χ1n) is 4.22. The number of benzene rings is 1. The third-order valence-corrected chi connectivity index (χ3v) is 4.66. The maximum absolute atomic E-state index is 11.0. The molecule has 0 unspecified atom stereocenters. The highest BCUT2D eigenvalue weighted by molar-refractivity contribution is 8.19. The van der Waals surface area contributed by atoms with E-state index >= 15 is 0 Å². The van der Waals surface area contributed by atoms with Gasteiger partial charge in [0.05, 0.1) is 0 Å². The predicted octanol–water partition coefficient (Wildman–Crippen LogP) is 0.174. The van der Waals surface area contributed by atoms with Crippen LogP contribution in [0.3, 0.4) is 0 Å². The Hall–Kier alpha value is -1.13. The molecule has 0 radical (unpaired) electrons. The number of hydrogen-bond donors (Lipinski definition) is 7. The van der Waals surface area contributed by atoms with Crippen LogP contribution in [0.1, 0.15) is 0 Å². The molecule has 0 aliphatic carbocycles. The minimum absolute atomic E-state index is 0.0318. The standard InChI is InChI=1S/C6H8O11S3/c7-4-2(18(9,10)11)1-3(19(12,13)14)5(8)6(4)20(15,16)17/h1,7-11H,(H,12,13,14)(H,15,16,17). The summed E-state index contributed by atoms with van der Waals surface area (Å²) in [6.07, 6.45) is 0. The number of phenolic OH excluding ortho intramolecular Hbond substituents is 2. The molecule has 7 N–H and O–H groups in total. The van der Waals surface area contributed by atoms with Crippen molar-refractivity contribution >= 4 is 31.1 Å². The first kappa shape index (κ1) is 16.9. The van der Waals surface area contributed by atoms with Crippen LogP contribution >= 0.6 is 10.9 Å². The maximum atomic E-state index is 11.0.